The lowest BCUT2D eigenvalue weighted by Gasteiger charge is -2.16. The zero-order chi connectivity index (χ0) is 12.5. The number of benzene rings is 1. The third kappa shape index (κ3) is 3.03. The minimum absolute atomic E-state index is 0.294. The number of hydrogen-bond donors (Lipinski definition) is 1. The molecule has 1 aromatic carbocycles. The van der Waals surface area contributed by atoms with E-state index in [1.807, 2.05) is 0 Å². The highest BCUT2D eigenvalue weighted by molar-refractivity contribution is 6.44. The summed E-state index contributed by atoms with van der Waals surface area (Å²) in [7, 11) is 0. The van der Waals surface area contributed by atoms with E-state index in [1.165, 1.54) is 13.0 Å². The van der Waals surface area contributed by atoms with E-state index in [0.29, 0.717) is 11.1 Å². The fraction of sp³-hybridized carbons (Fsp3) is 0.400. The van der Waals surface area contributed by atoms with Crippen LogP contribution in [-0.4, -0.2) is 9.94 Å². The maximum absolute atomic E-state index is 12.3. The maximum Gasteiger partial charge on any atom is 0.416 e. The van der Waals surface area contributed by atoms with Crippen molar-refractivity contribution < 1.29 is 18.3 Å². The second kappa shape index (κ2) is 4.82. The highest BCUT2D eigenvalue weighted by Gasteiger charge is 2.31. The number of hydrogen-bond acceptors (Lipinski definition) is 1. The van der Waals surface area contributed by atoms with E-state index in [2.05, 4.69) is 0 Å². The molecule has 1 unspecified atom stereocenters. The minimum Gasteiger partial charge on any atom is -0.386 e. The molecule has 0 saturated heterocycles. The molecule has 0 aliphatic carbocycles. The standard InChI is InChI=1S/C10H9Cl2F3O/c1-5-4-6(10(13,14)15)2-3-7(5)8(16)9(11)12/h2-4,8-9,16H,1H3. The van der Waals surface area contributed by atoms with Gasteiger partial charge in [0, 0.05) is 0 Å². The molecule has 0 amide bonds. The molecule has 1 aromatic rings. The van der Waals surface area contributed by atoms with Crippen LogP contribution in [0.15, 0.2) is 18.2 Å². The Kier molecular flexibility index (Phi) is 4.10. The highest BCUT2D eigenvalue weighted by Crippen LogP contribution is 2.33. The lowest BCUT2D eigenvalue weighted by molar-refractivity contribution is -0.137. The van der Waals surface area contributed by atoms with Crippen LogP contribution in [0.2, 0.25) is 0 Å². The summed E-state index contributed by atoms with van der Waals surface area (Å²) in [6.07, 6.45) is -5.58. The van der Waals surface area contributed by atoms with Crippen molar-refractivity contribution in [2.45, 2.75) is 24.0 Å². The van der Waals surface area contributed by atoms with Crippen molar-refractivity contribution >= 4 is 23.2 Å². The van der Waals surface area contributed by atoms with E-state index in [9.17, 15) is 18.3 Å². The van der Waals surface area contributed by atoms with E-state index in [1.54, 1.807) is 0 Å². The van der Waals surface area contributed by atoms with Gasteiger partial charge >= 0.3 is 6.18 Å². The van der Waals surface area contributed by atoms with Gasteiger partial charge < -0.3 is 5.11 Å². The maximum atomic E-state index is 12.3. The summed E-state index contributed by atoms with van der Waals surface area (Å²) in [5, 5.41) is 9.53. The van der Waals surface area contributed by atoms with E-state index < -0.39 is 22.7 Å². The van der Waals surface area contributed by atoms with Crippen LogP contribution in [0.4, 0.5) is 13.2 Å². The van der Waals surface area contributed by atoms with Gasteiger partial charge in [0.25, 0.3) is 0 Å². The van der Waals surface area contributed by atoms with Gasteiger partial charge in [-0.05, 0) is 30.2 Å². The summed E-state index contributed by atoms with van der Waals surface area (Å²) in [6, 6.07) is 3.02. The number of aryl methyl sites for hydroxylation is 1. The average molecular weight is 273 g/mol. The number of aliphatic hydroxyl groups excluding tert-OH is 1. The summed E-state index contributed by atoms with van der Waals surface area (Å²) in [5.74, 6) is 0. The normalized spacial score (nSPS) is 14.2. The zero-order valence-electron chi connectivity index (χ0n) is 8.22. The van der Waals surface area contributed by atoms with Gasteiger partial charge in [0.2, 0.25) is 0 Å². The molecule has 1 N–H and O–H groups in total. The van der Waals surface area contributed by atoms with Gasteiger partial charge in [-0.2, -0.15) is 13.2 Å². The van der Waals surface area contributed by atoms with Gasteiger partial charge in [0.1, 0.15) is 10.9 Å². The molecule has 0 spiro atoms. The molecule has 90 valence electrons. The molecule has 0 heterocycles. The smallest absolute Gasteiger partial charge is 0.386 e. The lowest BCUT2D eigenvalue weighted by Crippen LogP contribution is -2.10. The van der Waals surface area contributed by atoms with Crippen molar-refractivity contribution in [2.75, 3.05) is 0 Å². The van der Waals surface area contributed by atoms with Gasteiger partial charge in [0.15, 0.2) is 0 Å². The Hall–Kier alpha value is -0.450. The molecule has 0 saturated carbocycles. The van der Waals surface area contributed by atoms with E-state index >= 15 is 0 Å². The van der Waals surface area contributed by atoms with Crippen LogP contribution in [0.5, 0.6) is 0 Å². The van der Waals surface area contributed by atoms with E-state index in [-0.39, 0.29) is 0 Å². The first-order chi connectivity index (χ1) is 7.23. The van der Waals surface area contributed by atoms with Gasteiger partial charge in [-0.1, -0.05) is 6.07 Å². The Morgan fingerprint density at radius 2 is 1.81 bits per heavy atom. The summed E-state index contributed by atoms with van der Waals surface area (Å²) in [4.78, 5) is -1.07. The minimum atomic E-state index is -4.39. The van der Waals surface area contributed by atoms with Crippen molar-refractivity contribution in [1.82, 2.24) is 0 Å². The Morgan fingerprint density at radius 3 is 2.19 bits per heavy atom. The third-order valence-electron chi connectivity index (χ3n) is 2.15. The van der Waals surface area contributed by atoms with Crippen LogP contribution < -0.4 is 0 Å². The topological polar surface area (TPSA) is 20.2 Å². The summed E-state index contributed by atoms with van der Waals surface area (Å²) >= 11 is 10.9. The predicted molar refractivity (Wildman–Crippen MR) is 56.6 cm³/mol. The molecule has 1 atom stereocenters. The molecular formula is C10H9Cl2F3O. The fourth-order valence-electron chi connectivity index (χ4n) is 1.32. The van der Waals surface area contributed by atoms with Crippen molar-refractivity contribution in [3.8, 4) is 0 Å². The Labute approximate surface area is 101 Å². The van der Waals surface area contributed by atoms with Crippen LogP contribution in [-0.2, 0) is 6.18 Å². The summed E-state index contributed by atoms with van der Waals surface area (Å²) in [6.45, 7) is 1.46. The molecule has 0 fully saturated rings. The first kappa shape index (κ1) is 13.6. The number of aliphatic hydroxyl groups is 1. The molecular weight excluding hydrogens is 264 g/mol. The number of rotatable bonds is 2. The molecule has 1 rings (SSSR count). The number of halogens is 5. The molecule has 0 aromatic heterocycles. The van der Waals surface area contributed by atoms with Crippen molar-refractivity contribution in [2.24, 2.45) is 0 Å². The second-order valence-corrected chi connectivity index (χ2v) is 4.51. The zero-order valence-corrected chi connectivity index (χ0v) is 9.74. The fourth-order valence-corrected chi connectivity index (χ4v) is 1.59. The SMILES string of the molecule is Cc1cc(C(F)(F)F)ccc1C(O)C(Cl)Cl. The Bertz CT molecular complexity index is 377. The first-order valence-electron chi connectivity index (χ1n) is 4.37. The first-order valence-corrected chi connectivity index (χ1v) is 5.24. The quantitative estimate of drug-likeness (QED) is 0.811. The summed E-state index contributed by atoms with van der Waals surface area (Å²) in [5.41, 5.74) is -0.168. The van der Waals surface area contributed by atoms with Gasteiger partial charge in [-0.15, -0.1) is 23.2 Å². The summed E-state index contributed by atoms with van der Waals surface area (Å²) < 4.78 is 37.0. The Balaban J connectivity index is 3.10. The molecule has 0 bridgehead atoms. The van der Waals surface area contributed by atoms with Gasteiger partial charge in [0.05, 0.1) is 5.56 Å². The molecule has 0 radical (unpaired) electrons. The molecule has 6 heteroatoms. The van der Waals surface area contributed by atoms with E-state index in [4.69, 9.17) is 23.2 Å². The van der Waals surface area contributed by atoms with Crippen LogP contribution in [0.25, 0.3) is 0 Å². The molecule has 16 heavy (non-hydrogen) atoms. The van der Waals surface area contributed by atoms with Crippen LogP contribution in [0.3, 0.4) is 0 Å². The third-order valence-corrected chi connectivity index (χ3v) is 2.63. The molecule has 0 aliphatic heterocycles. The second-order valence-electron chi connectivity index (χ2n) is 3.35. The number of alkyl halides is 5. The average Bonchev–Trinajstić information content (AvgIpc) is 2.15. The van der Waals surface area contributed by atoms with Gasteiger partial charge in [-0.25, -0.2) is 0 Å². The largest absolute Gasteiger partial charge is 0.416 e. The van der Waals surface area contributed by atoms with Crippen molar-refractivity contribution in [3.05, 3.63) is 34.9 Å². The predicted octanol–water partition coefficient (Wildman–Crippen LogP) is 3.85. The van der Waals surface area contributed by atoms with Gasteiger partial charge in [-0.3, -0.25) is 0 Å². The molecule has 0 aliphatic rings. The highest BCUT2D eigenvalue weighted by atomic mass is 35.5. The van der Waals surface area contributed by atoms with Crippen LogP contribution in [0.1, 0.15) is 22.8 Å². The monoisotopic (exact) mass is 272 g/mol. The van der Waals surface area contributed by atoms with Crippen molar-refractivity contribution in [3.63, 3.8) is 0 Å². The van der Waals surface area contributed by atoms with E-state index in [0.717, 1.165) is 12.1 Å². The Morgan fingerprint density at radius 1 is 1.25 bits per heavy atom. The van der Waals surface area contributed by atoms with Crippen molar-refractivity contribution in [1.29, 1.82) is 0 Å². The van der Waals surface area contributed by atoms with Crippen LogP contribution in [0, 0.1) is 6.92 Å². The van der Waals surface area contributed by atoms with Crippen LogP contribution >= 0.6 is 23.2 Å². The lowest BCUT2D eigenvalue weighted by atomic mass is 10.0. The molecule has 1 nitrogen and oxygen atoms in total.